The van der Waals surface area contributed by atoms with Gasteiger partial charge in [0.15, 0.2) is 0 Å². The lowest BCUT2D eigenvalue weighted by molar-refractivity contribution is -0.696. The second-order valence-corrected chi connectivity index (χ2v) is 5.82. The van der Waals surface area contributed by atoms with E-state index in [-0.39, 0.29) is 17.0 Å². The summed E-state index contributed by atoms with van der Waals surface area (Å²) in [6.45, 7) is 8.10. The molecule has 0 fully saturated rings. The maximum absolute atomic E-state index is 3.76. The highest BCUT2D eigenvalue weighted by Crippen LogP contribution is 2.10. The summed E-state index contributed by atoms with van der Waals surface area (Å²) in [4.78, 5) is 0. The van der Waals surface area contributed by atoms with Crippen molar-refractivity contribution in [2.75, 3.05) is 0 Å². The lowest BCUT2D eigenvalue weighted by Crippen LogP contribution is -2.30. The molecular formula is C18H34BrN2+. The largest absolute Gasteiger partial charge is 0.244 e. The van der Waals surface area contributed by atoms with Crippen molar-refractivity contribution in [1.82, 2.24) is 4.57 Å². The number of nitrogens with zero attached hydrogens (tertiary/aromatic N) is 2. The van der Waals surface area contributed by atoms with Crippen molar-refractivity contribution >= 4 is 17.0 Å². The molecule has 0 aromatic carbocycles. The van der Waals surface area contributed by atoms with Crippen molar-refractivity contribution in [3.05, 3.63) is 31.4 Å². The summed E-state index contributed by atoms with van der Waals surface area (Å²) in [5.74, 6) is 0. The van der Waals surface area contributed by atoms with Gasteiger partial charge in [0, 0.05) is 0 Å². The molecule has 0 bridgehead atoms. The second-order valence-electron chi connectivity index (χ2n) is 5.82. The minimum absolute atomic E-state index is 0. The molecule has 0 unspecified atom stereocenters. The number of aryl methyl sites for hydroxylation is 1. The van der Waals surface area contributed by atoms with Crippen LogP contribution in [0.15, 0.2) is 31.4 Å². The van der Waals surface area contributed by atoms with Gasteiger partial charge in [0.1, 0.15) is 18.9 Å². The molecule has 3 heteroatoms. The molecule has 21 heavy (non-hydrogen) atoms. The van der Waals surface area contributed by atoms with Gasteiger partial charge in [0.25, 0.3) is 0 Å². The summed E-state index contributed by atoms with van der Waals surface area (Å²) in [6, 6.07) is 0. The van der Waals surface area contributed by atoms with Gasteiger partial charge < -0.3 is 0 Å². The number of hydrogen-bond donors (Lipinski definition) is 0. The molecule has 122 valence electrons. The Morgan fingerprint density at radius 2 is 1.52 bits per heavy atom. The third-order valence-corrected chi connectivity index (χ3v) is 3.86. The van der Waals surface area contributed by atoms with Gasteiger partial charge in [-0.05, 0) is 12.8 Å². The zero-order valence-corrected chi connectivity index (χ0v) is 15.5. The molecule has 0 aliphatic heterocycles. The van der Waals surface area contributed by atoms with Gasteiger partial charge in [0.2, 0.25) is 6.33 Å². The van der Waals surface area contributed by atoms with Crippen molar-refractivity contribution in [2.24, 2.45) is 0 Å². The van der Waals surface area contributed by atoms with Crippen LogP contribution in [-0.2, 0) is 13.1 Å². The molecular weight excluding hydrogens is 324 g/mol. The number of aromatic nitrogens is 2. The highest BCUT2D eigenvalue weighted by Gasteiger charge is 2.01. The van der Waals surface area contributed by atoms with Gasteiger partial charge in [-0.15, -0.1) is 17.0 Å². The zero-order valence-electron chi connectivity index (χ0n) is 13.8. The van der Waals surface area contributed by atoms with E-state index in [1.165, 1.54) is 64.2 Å². The van der Waals surface area contributed by atoms with Crippen LogP contribution in [-0.4, -0.2) is 4.57 Å². The molecule has 2 nitrogen and oxygen atoms in total. The van der Waals surface area contributed by atoms with Crippen LogP contribution in [0.3, 0.4) is 0 Å². The molecule has 0 atom stereocenters. The van der Waals surface area contributed by atoms with E-state index in [9.17, 15) is 0 Å². The van der Waals surface area contributed by atoms with E-state index in [0.29, 0.717) is 0 Å². The first-order valence-corrected chi connectivity index (χ1v) is 8.52. The Morgan fingerprint density at radius 3 is 2.10 bits per heavy atom. The van der Waals surface area contributed by atoms with E-state index in [1.54, 1.807) is 0 Å². The maximum atomic E-state index is 3.76. The predicted octanol–water partition coefficient (Wildman–Crippen LogP) is 5.46. The van der Waals surface area contributed by atoms with Crippen LogP contribution in [0.25, 0.3) is 0 Å². The van der Waals surface area contributed by atoms with E-state index < -0.39 is 0 Å². The summed E-state index contributed by atoms with van der Waals surface area (Å²) >= 11 is 0. The SMILES string of the molecule is Br.C=CCn1cc[n+](CCCCCCCCCCCC)c1. The zero-order chi connectivity index (χ0) is 14.5. The van der Waals surface area contributed by atoms with E-state index in [0.717, 1.165) is 13.1 Å². The number of rotatable bonds is 13. The topological polar surface area (TPSA) is 8.81 Å². The van der Waals surface area contributed by atoms with Crippen LogP contribution < -0.4 is 4.57 Å². The molecule has 1 aromatic heterocycles. The predicted molar refractivity (Wildman–Crippen MR) is 97.0 cm³/mol. The molecule has 0 spiro atoms. The number of halogens is 1. The molecule has 1 heterocycles. The Bertz CT molecular complexity index is 347. The Balaban J connectivity index is 0.00000400. The average Bonchev–Trinajstić information content (AvgIpc) is 2.89. The Morgan fingerprint density at radius 1 is 0.952 bits per heavy atom. The van der Waals surface area contributed by atoms with Crippen molar-refractivity contribution in [1.29, 1.82) is 0 Å². The van der Waals surface area contributed by atoms with E-state index >= 15 is 0 Å². The third kappa shape index (κ3) is 10.8. The highest BCUT2D eigenvalue weighted by atomic mass is 79.9. The number of hydrogen-bond acceptors (Lipinski definition) is 0. The van der Waals surface area contributed by atoms with Crippen LogP contribution >= 0.6 is 17.0 Å². The van der Waals surface area contributed by atoms with Crippen LogP contribution in [0.5, 0.6) is 0 Å². The Hall–Kier alpha value is -0.570. The maximum Gasteiger partial charge on any atom is 0.244 e. The number of imidazole rings is 1. The quantitative estimate of drug-likeness (QED) is 0.251. The molecule has 0 aliphatic rings. The molecule has 1 aromatic rings. The van der Waals surface area contributed by atoms with Crippen molar-refractivity contribution < 1.29 is 4.57 Å². The summed E-state index contributed by atoms with van der Waals surface area (Å²) < 4.78 is 4.46. The third-order valence-electron chi connectivity index (χ3n) is 3.86. The lowest BCUT2D eigenvalue weighted by atomic mass is 10.1. The van der Waals surface area contributed by atoms with Crippen molar-refractivity contribution in [2.45, 2.75) is 84.2 Å². The first-order chi connectivity index (χ1) is 9.86. The number of unbranched alkanes of at least 4 members (excludes halogenated alkanes) is 9. The Labute approximate surface area is 142 Å². The Kier molecular flexibility index (Phi) is 14.0. The minimum atomic E-state index is 0. The van der Waals surface area contributed by atoms with E-state index in [4.69, 9.17) is 0 Å². The van der Waals surface area contributed by atoms with Crippen LogP contribution in [0, 0.1) is 0 Å². The smallest absolute Gasteiger partial charge is 0.237 e. The van der Waals surface area contributed by atoms with Crippen LogP contribution in [0.1, 0.15) is 71.1 Å². The first kappa shape index (κ1) is 20.4. The molecule has 0 radical (unpaired) electrons. The van der Waals surface area contributed by atoms with E-state index in [2.05, 4.69) is 41.4 Å². The van der Waals surface area contributed by atoms with E-state index in [1.807, 2.05) is 6.08 Å². The van der Waals surface area contributed by atoms with Crippen LogP contribution in [0.4, 0.5) is 0 Å². The normalized spacial score (nSPS) is 10.3. The van der Waals surface area contributed by atoms with Gasteiger partial charge in [-0.3, -0.25) is 0 Å². The fourth-order valence-electron chi connectivity index (χ4n) is 2.61. The van der Waals surface area contributed by atoms with Gasteiger partial charge in [-0.2, -0.15) is 0 Å². The molecule has 0 amide bonds. The summed E-state index contributed by atoms with van der Waals surface area (Å²) in [5, 5.41) is 0. The number of allylic oxidation sites excluding steroid dienone is 1. The highest BCUT2D eigenvalue weighted by molar-refractivity contribution is 8.93. The van der Waals surface area contributed by atoms with Crippen molar-refractivity contribution in [3.8, 4) is 0 Å². The average molecular weight is 358 g/mol. The monoisotopic (exact) mass is 357 g/mol. The van der Waals surface area contributed by atoms with Gasteiger partial charge in [-0.1, -0.05) is 70.9 Å². The standard InChI is InChI=1S/C18H33N2.BrH/c1-3-5-6-7-8-9-10-11-12-13-15-20-17-16-19(18-20)14-4-2;/h4,16-18H,2-3,5-15H2,1H3;1H/q+1;. The summed E-state index contributed by atoms with van der Waals surface area (Å²) in [7, 11) is 0. The summed E-state index contributed by atoms with van der Waals surface area (Å²) in [5.41, 5.74) is 0. The fraction of sp³-hybridized carbons (Fsp3) is 0.722. The molecule has 0 aliphatic carbocycles. The summed E-state index contributed by atoms with van der Waals surface area (Å²) in [6.07, 6.45) is 22.4. The second kappa shape index (κ2) is 14.4. The molecule has 0 saturated carbocycles. The van der Waals surface area contributed by atoms with Gasteiger partial charge in [-0.25, -0.2) is 9.13 Å². The molecule has 0 N–H and O–H groups in total. The van der Waals surface area contributed by atoms with Gasteiger partial charge >= 0.3 is 0 Å². The molecule has 1 rings (SSSR count). The fourth-order valence-corrected chi connectivity index (χ4v) is 2.61. The van der Waals surface area contributed by atoms with Crippen molar-refractivity contribution in [3.63, 3.8) is 0 Å². The molecule has 0 saturated heterocycles. The van der Waals surface area contributed by atoms with Gasteiger partial charge in [0.05, 0.1) is 6.54 Å². The van der Waals surface area contributed by atoms with Crippen LogP contribution in [0.2, 0.25) is 0 Å². The first-order valence-electron chi connectivity index (χ1n) is 8.52. The minimum Gasteiger partial charge on any atom is -0.237 e. The lowest BCUT2D eigenvalue weighted by Gasteiger charge is -2.01.